The molecule has 0 saturated carbocycles. The average Bonchev–Trinajstić information content (AvgIpc) is 2.94. The molecule has 0 aliphatic carbocycles. The SMILES string of the molecule is C=C(C)C[C@@H](OC)[C@H](O)C(=O)N[C@H](OC)[C@@H]1C[C@@H](O)C(C)(C)C(CC(O)[C@@H](C)C2Cc3c(C)c(O)cc(O)c3C(=O)O2)O1. The van der Waals surface area contributed by atoms with Crippen LogP contribution >= 0.6 is 0 Å². The van der Waals surface area contributed by atoms with Crippen LogP contribution in [0.5, 0.6) is 11.5 Å². The fourth-order valence-electron chi connectivity index (χ4n) is 5.80. The number of hydrogen-bond acceptors (Lipinski definition) is 11. The van der Waals surface area contributed by atoms with E-state index in [1.807, 2.05) is 13.8 Å². The number of fused-ring (bicyclic) bond motifs is 1. The number of cyclic esters (lactones) is 1. The van der Waals surface area contributed by atoms with Crippen LogP contribution in [0, 0.1) is 18.3 Å². The highest BCUT2D eigenvalue weighted by Gasteiger charge is 2.48. The van der Waals surface area contributed by atoms with Crippen LogP contribution in [0.25, 0.3) is 0 Å². The van der Waals surface area contributed by atoms with E-state index in [0.29, 0.717) is 11.1 Å². The third-order valence-corrected chi connectivity index (χ3v) is 9.02. The Labute approximate surface area is 252 Å². The summed E-state index contributed by atoms with van der Waals surface area (Å²) < 4.78 is 22.7. The number of carbonyl (C=O) groups excluding carboxylic acids is 2. The molecule has 3 unspecified atom stereocenters. The van der Waals surface area contributed by atoms with Crippen molar-refractivity contribution in [2.24, 2.45) is 11.3 Å². The van der Waals surface area contributed by atoms with Gasteiger partial charge >= 0.3 is 5.97 Å². The first-order chi connectivity index (χ1) is 20.0. The molecule has 242 valence electrons. The fraction of sp³-hybridized carbons (Fsp3) is 0.677. The van der Waals surface area contributed by atoms with Crippen molar-refractivity contribution in [3.05, 3.63) is 34.9 Å². The first-order valence-electron chi connectivity index (χ1n) is 14.5. The van der Waals surface area contributed by atoms with Crippen LogP contribution in [-0.2, 0) is 30.2 Å². The van der Waals surface area contributed by atoms with Gasteiger partial charge < -0.3 is 49.8 Å². The van der Waals surface area contributed by atoms with Crippen molar-refractivity contribution in [1.29, 1.82) is 0 Å². The molecule has 0 spiro atoms. The van der Waals surface area contributed by atoms with Gasteiger partial charge in [0.15, 0.2) is 12.3 Å². The molecule has 43 heavy (non-hydrogen) atoms. The number of ether oxygens (including phenoxy) is 4. The first kappa shape index (κ1) is 34.7. The Morgan fingerprint density at radius 1 is 1.19 bits per heavy atom. The van der Waals surface area contributed by atoms with Gasteiger partial charge in [0.05, 0.1) is 24.4 Å². The molecule has 1 aromatic rings. The van der Waals surface area contributed by atoms with Gasteiger partial charge in [-0.2, -0.15) is 0 Å². The van der Waals surface area contributed by atoms with Crippen LogP contribution in [0.3, 0.4) is 0 Å². The minimum absolute atomic E-state index is 0.00479. The second-order valence-corrected chi connectivity index (χ2v) is 12.5. The number of aliphatic hydroxyl groups is 3. The van der Waals surface area contributed by atoms with Gasteiger partial charge in [-0.15, -0.1) is 6.58 Å². The summed E-state index contributed by atoms with van der Waals surface area (Å²) >= 11 is 0. The Morgan fingerprint density at radius 3 is 2.42 bits per heavy atom. The lowest BCUT2D eigenvalue weighted by Crippen LogP contribution is -2.59. The summed E-state index contributed by atoms with van der Waals surface area (Å²) in [6.45, 7) is 12.6. The molecule has 1 saturated heterocycles. The molecular formula is C31H47NO11. The Hall–Kier alpha value is -2.74. The van der Waals surface area contributed by atoms with E-state index in [-0.39, 0.29) is 42.7 Å². The second-order valence-electron chi connectivity index (χ2n) is 12.5. The Kier molecular flexibility index (Phi) is 11.2. The number of benzene rings is 1. The van der Waals surface area contributed by atoms with Gasteiger partial charge in [0.2, 0.25) is 0 Å². The predicted molar refractivity (Wildman–Crippen MR) is 155 cm³/mol. The summed E-state index contributed by atoms with van der Waals surface area (Å²) in [5.41, 5.74) is 0.851. The molecule has 2 aliphatic heterocycles. The van der Waals surface area contributed by atoms with Gasteiger partial charge in [-0.1, -0.05) is 26.3 Å². The number of aliphatic hydroxyl groups excluding tert-OH is 3. The van der Waals surface area contributed by atoms with Crippen molar-refractivity contribution >= 4 is 11.9 Å². The third-order valence-electron chi connectivity index (χ3n) is 9.02. The van der Waals surface area contributed by atoms with Crippen LogP contribution in [0.15, 0.2) is 18.2 Å². The lowest BCUT2D eigenvalue weighted by molar-refractivity contribution is -0.217. The van der Waals surface area contributed by atoms with Crippen molar-refractivity contribution in [2.75, 3.05) is 14.2 Å². The van der Waals surface area contributed by atoms with Crippen molar-refractivity contribution in [3.8, 4) is 11.5 Å². The van der Waals surface area contributed by atoms with E-state index in [1.165, 1.54) is 14.2 Å². The molecule has 2 aliphatic rings. The molecule has 0 bridgehead atoms. The quantitative estimate of drug-likeness (QED) is 0.115. The maximum Gasteiger partial charge on any atom is 0.342 e. The van der Waals surface area contributed by atoms with Gasteiger partial charge in [-0.3, -0.25) is 4.79 Å². The van der Waals surface area contributed by atoms with Crippen molar-refractivity contribution in [2.45, 2.75) is 109 Å². The predicted octanol–water partition coefficient (Wildman–Crippen LogP) is 1.85. The molecule has 1 fully saturated rings. The minimum atomic E-state index is -1.50. The van der Waals surface area contributed by atoms with Gasteiger partial charge in [0, 0.05) is 50.9 Å². The number of carbonyl (C=O) groups is 2. The van der Waals surface area contributed by atoms with E-state index < -0.39 is 72.2 Å². The maximum atomic E-state index is 12.9. The number of phenols is 2. The van der Waals surface area contributed by atoms with Gasteiger partial charge in [0.25, 0.3) is 5.91 Å². The molecular weight excluding hydrogens is 562 g/mol. The van der Waals surface area contributed by atoms with Gasteiger partial charge in [-0.25, -0.2) is 4.79 Å². The molecule has 1 amide bonds. The van der Waals surface area contributed by atoms with E-state index in [9.17, 15) is 35.1 Å². The lowest BCUT2D eigenvalue weighted by atomic mass is 9.73. The molecule has 12 heteroatoms. The molecule has 1 aromatic carbocycles. The molecule has 3 rings (SSSR count). The highest BCUT2D eigenvalue weighted by atomic mass is 16.6. The number of phenolic OH excluding ortho intramolecular Hbond substituents is 2. The van der Waals surface area contributed by atoms with E-state index in [0.717, 1.165) is 11.6 Å². The van der Waals surface area contributed by atoms with E-state index in [2.05, 4.69) is 11.9 Å². The van der Waals surface area contributed by atoms with Crippen LogP contribution in [0.2, 0.25) is 0 Å². The molecule has 6 N–H and O–H groups in total. The standard InChI is InChI=1S/C31H47NO11/c1-14(2)9-22(40-7)27(37)28(38)32-29(41-8)23-13-24(36)31(5,6)25(42-23)12-19(34)16(4)21-10-17-15(3)18(33)11-20(35)26(17)30(39)43-21/h11,16,19,21-25,27,29,33-37H,1,9-10,12-13H2,2-8H3,(H,32,38)/t16-,19?,21?,22-,23+,24-,25?,27+,29-/m1/s1. The molecule has 12 nitrogen and oxygen atoms in total. The molecule has 0 aromatic heterocycles. The number of amides is 1. The van der Waals surface area contributed by atoms with E-state index >= 15 is 0 Å². The smallest absolute Gasteiger partial charge is 0.342 e. The zero-order valence-corrected chi connectivity index (χ0v) is 26.0. The topological polar surface area (TPSA) is 184 Å². The zero-order chi connectivity index (χ0) is 32.4. The Balaban J connectivity index is 1.73. The fourth-order valence-corrected chi connectivity index (χ4v) is 5.80. The summed E-state index contributed by atoms with van der Waals surface area (Å²) in [5, 5.41) is 56.0. The number of rotatable bonds is 12. The Morgan fingerprint density at radius 2 is 1.84 bits per heavy atom. The van der Waals surface area contributed by atoms with E-state index in [4.69, 9.17) is 18.9 Å². The highest BCUT2D eigenvalue weighted by Crippen LogP contribution is 2.42. The maximum absolute atomic E-state index is 12.9. The van der Waals surface area contributed by atoms with Gasteiger partial charge in [0.1, 0.15) is 29.3 Å². The summed E-state index contributed by atoms with van der Waals surface area (Å²) in [6, 6.07) is 1.10. The van der Waals surface area contributed by atoms with Crippen LogP contribution in [0.4, 0.5) is 0 Å². The normalized spacial score (nSPS) is 26.8. The summed E-state index contributed by atoms with van der Waals surface area (Å²) in [6.07, 6.45) is -6.89. The number of aromatic hydroxyl groups is 2. The van der Waals surface area contributed by atoms with E-state index in [1.54, 1.807) is 20.8 Å². The van der Waals surface area contributed by atoms with Gasteiger partial charge in [-0.05, 0) is 31.4 Å². The number of methoxy groups -OCH3 is 2. The van der Waals surface area contributed by atoms with Crippen LogP contribution in [-0.4, -0.2) is 101 Å². The number of hydrogen-bond donors (Lipinski definition) is 6. The molecule has 9 atom stereocenters. The monoisotopic (exact) mass is 609 g/mol. The Bertz CT molecular complexity index is 1180. The number of esters is 1. The van der Waals surface area contributed by atoms with Crippen molar-refractivity contribution in [1.82, 2.24) is 5.32 Å². The van der Waals surface area contributed by atoms with Crippen LogP contribution < -0.4 is 5.32 Å². The van der Waals surface area contributed by atoms with Crippen molar-refractivity contribution in [3.63, 3.8) is 0 Å². The largest absolute Gasteiger partial charge is 0.508 e. The summed E-state index contributed by atoms with van der Waals surface area (Å²) in [4.78, 5) is 25.6. The lowest BCUT2D eigenvalue weighted by Gasteiger charge is -2.48. The third kappa shape index (κ3) is 7.50. The molecule has 0 radical (unpaired) electrons. The average molecular weight is 610 g/mol. The zero-order valence-electron chi connectivity index (χ0n) is 26.0. The minimum Gasteiger partial charge on any atom is -0.508 e. The first-order valence-corrected chi connectivity index (χ1v) is 14.5. The van der Waals surface area contributed by atoms with Crippen molar-refractivity contribution < 1.29 is 54.1 Å². The van der Waals surface area contributed by atoms with Crippen LogP contribution in [0.1, 0.15) is 68.4 Å². The highest BCUT2D eigenvalue weighted by molar-refractivity contribution is 5.96. The number of nitrogens with one attached hydrogen (secondary N) is 1. The summed E-state index contributed by atoms with van der Waals surface area (Å²) in [5.74, 6) is -2.57. The second kappa shape index (κ2) is 13.9. The summed E-state index contributed by atoms with van der Waals surface area (Å²) in [7, 11) is 2.76. The molecule has 2 heterocycles.